The van der Waals surface area contributed by atoms with E-state index in [1.54, 1.807) is 12.1 Å². The molecule has 0 aliphatic rings. The summed E-state index contributed by atoms with van der Waals surface area (Å²) < 4.78 is 0. The van der Waals surface area contributed by atoms with Crippen LogP contribution >= 0.6 is 35.0 Å². The summed E-state index contributed by atoms with van der Waals surface area (Å²) in [5.74, 6) is 0.227. The summed E-state index contributed by atoms with van der Waals surface area (Å²) >= 11 is 13.2. The van der Waals surface area contributed by atoms with Gasteiger partial charge in [0.15, 0.2) is 0 Å². The van der Waals surface area contributed by atoms with Gasteiger partial charge in [-0.05, 0) is 48.7 Å². The smallest absolute Gasteiger partial charge is 0.234 e. The van der Waals surface area contributed by atoms with Crippen LogP contribution in [0.5, 0.6) is 0 Å². The van der Waals surface area contributed by atoms with Crippen LogP contribution in [0.4, 0.5) is 5.69 Å². The Morgan fingerprint density at radius 3 is 2.54 bits per heavy atom. The maximum Gasteiger partial charge on any atom is 0.234 e. The molecule has 0 aliphatic carbocycles. The van der Waals surface area contributed by atoms with Crippen molar-refractivity contribution in [2.24, 2.45) is 0 Å². The molecule has 2 amide bonds. The van der Waals surface area contributed by atoms with Crippen molar-refractivity contribution in [2.75, 3.05) is 23.4 Å². The topological polar surface area (TPSA) is 58.2 Å². The lowest BCUT2D eigenvalue weighted by atomic mass is 10.1. The van der Waals surface area contributed by atoms with Gasteiger partial charge in [0.2, 0.25) is 11.8 Å². The van der Waals surface area contributed by atoms with E-state index in [0.717, 1.165) is 16.8 Å². The lowest BCUT2D eigenvalue weighted by molar-refractivity contribution is -0.118. The third kappa shape index (κ3) is 7.28. The van der Waals surface area contributed by atoms with Gasteiger partial charge in [0.1, 0.15) is 0 Å². The standard InChI is InChI=1S/C19H20Cl2N2O2S/c1-13-3-2-4-16(9-13)23-19(25)12-26-11-18(24)22-8-7-14-5-6-15(20)10-17(14)21/h2-6,9-10H,7-8,11-12H2,1H3,(H,22,24)(H,23,25). The molecule has 26 heavy (non-hydrogen) atoms. The molecule has 2 rings (SSSR count). The molecule has 0 radical (unpaired) electrons. The number of nitrogens with one attached hydrogen (secondary N) is 2. The minimum absolute atomic E-state index is 0.108. The summed E-state index contributed by atoms with van der Waals surface area (Å²) in [5.41, 5.74) is 2.78. The third-order valence-electron chi connectivity index (χ3n) is 3.50. The number of carbonyl (C=O) groups is 2. The zero-order valence-electron chi connectivity index (χ0n) is 14.4. The first kappa shape index (κ1) is 20.6. The van der Waals surface area contributed by atoms with E-state index in [9.17, 15) is 9.59 Å². The first-order valence-electron chi connectivity index (χ1n) is 8.09. The van der Waals surface area contributed by atoms with Gasteiger partial charge in [-0.2, -0.15) is 0 Å². The van der Waals surface area contributed by atoms with Gasteiger partial charge in [-0.3, -0.25) is 9.59 Å². The number of aryl methyl sites for hydroxylation is 1. The van der Waals surface area contributed by atoms with Gasteiger partial charge in [0.05, 0.1) is 11.5 Å². The fraction of sp³-hybridized carbons (Fsp3) is 0.263. The number of hydrogen-bond donors (Lipinski definition) is 2. The number of thioether (sulfide) groups is 1. The van der Waals surface area contributed by atoms with E-state index in [4.69, 9.17) is 23.2 Å². The van der Waals surface area contributed by atoms with Crippen molar-refractivity contribution in [2.45, 2.75) is 13.3 Å². The van der Waals surface area contributed by atoms with E-state index >= 15 is 0 Å². The maximum atomic E-state index is 11.9. The molecule has 0 heterocycles. The molecule has 0 bridgehead atoms. The number of anilines is 1. The molecule has 2 aromatic carbocycles. The highest BCUT2D eigenvalue weighted by atomic mass is 35.5. The van der Waals surface area contributed by atoms with Crippen molar-refractivity contribution < 1.29 is 9.59 Å². The van der Waals surface area contributed by atoms with Gasteiger partial charge in [0, 0.05) is 22.3 Å². The van der Waals surface area contributed by atoms with Crippen molar-refractivity contribution in [1.82, 2.24) is 5.32 Å². The van der Waals surface area contributed by atoms with E-state index in [-0.39, 0.29) is 23.3 Å². The first-order chi connectivity index (χ1) is 12.4. The van der Waals surface area contributed by atoms with Crippen LogP contribution in [0, 0.1) is 6.92 Å². The fourth-order valence-corrected chi connectivity index (χ4v) is 3.42. The number of amides is 2. The largest absolute Gasteiger partial charge is 0.355 e. The molecule has 0 aromatic heterocycles. The number of carbonyl (C=O) groups excluding carboxylic acids is 2. The van der Waals surface area contributed by atoms with Crippen LogP contribution in [0.2, 0.25) is 10.0 Å². The SMILES string of the molecule is Cc1cccc(NC(=O)CSCC(=O)NCCc2ccc(Cl)cc2Cl)c1. The van der Waals surface area contributed by atoms with Gasteiger partial charge < -0.3 is 10.6 Å². The van der Waals surface area contributed by atoms with E-state index < -0.39 is 0 Å². The molecule has 7 heteroatoms. The van der Waals surface area contributed by atoms with E-state index in [1.165, 1.54) is 11.8 Å². The molecule has 2 N–H and O–H groups in total. The van der Waals surface area contributed by atoms with Gasteiger partial charge in [-0.1, -0.05) is 41.4 Å². The predicted octanol–water partition coefficient (Wildman–Crippen LogP) is 4.33. The van der Waals surface area contributed by atoms with E-state index in [1.807, 2.05) is 37.3 Å². The van der Waals surface area contributed by atoms with Crippen LogP contribution in [0.1, 0.15) is 11.1 Å². The summed E-state index contributed by atoms with van der Waals surface area (Å²) in [6, 6.07) is 12.9. The highest BCUT2D eigenvalue weighted by Gasteiger charge is 2.07. The van der Waals surface area contributed by atoms with Crippen LogP contribution in [0.3, 0.4) is 0 Å². The molecule has 138 valence electrons. The third-order valence-corrected chi connectivity index (χ3v) is 5.02. The lowest BCUT2D eigenvalue weighted by Crippen LogP contribution is -2.28. The second kappa shape index (κ2) is 10.5. The first-order valence-corrected chi connectivity index (χ1v) is 10.00. The van der Waals surface area contributed by atoms with Gasteiger partial charge in [-0.15, -0.1) is 11.8 Å². The van der Waals surface area contributed by atoms with Crippen molar-refractivity contribution in [3.63, 3.8) is 0 Å². The Morgan fingerprint density at radius 2 is 1.81 bits per heavy atom. The molecule has 0 spiro atoms. The van der Waals surface area contributed by atoms with Crippen molar-refractivity contribution in [3.8, 4) is 0 Å². The van der Waals surface area contributed by atoms with Crippen LogP contribution in [0.15, 0.2) is 42.5 Å². The minimum atomic E-state index is -0.124. The highest BCUT2D eigenvalue weighted by molar-refractivity contribution is 8.00. The Labute approximate surface area is 167 Å². The summed E-state index contributed by atoms with van der Waals surface area (Å²) in [7, 11) is 0. The summed E-state index contributed by atoms with van der Waals surface area (Å²) in [6.45, 7) is 2.45. The molecular weight excluding hydrogens is 391 g/mol. The molecule has 4 nitrogen and oxygen atoms in total. The summed E-state index contributed by atoms with van der Waals surface area (Å²) in [4.78, 5) is 23.7. The van der Waals surface area contributed by atoms with E-state index in [2.05, 4.69) is 10.6 Å². The summed E-state index contributed by atoms with van der Waals surface area (Å²) in [5, 5.41) is 6.81. The molecule has 0 aliphatic heterocycles. The number of hydrogen-bond acceptors (Lipinski definition) is 3. The number of rotatable bonds is 8. The molecule has 0 unspecified atom stereocenters. The second-order valence-corrected chi connectivity index (χ2v) is 7.58. The van der Waals surface area contributed by atoms with E-state index in [0.29, 0.717) is 23.0 Å². The minimum Gasteiger partial charge on any atom is -0.355 e. The van der Waals surface area contributed by atoms with Gasteiger partial charge >= 0.3 is 0 Å². The monoisotopic (exact) mass is 410 g/mol. The second-order valence-electron chi connectivity index (χ2n) is 5.75. The Kier molecular flexibility index (Phi) is 8.29. The fourth-order valence-electron chi connectivity index (χ4n) is 2.27. The molecule has 0 saturated heterocycles. The predicted molar refractivity (Wildman–Crippen MR) is 110 cm³/mol. The molecular formula is C19H20Cl2N2O2S. The zero-order chi connectivity index (χ0) is 18.9. The Hall–Kier alpha value is -1.69. The van der Waals surface area contributed by atoms with Crippen LogP contribution in [-0.2, 0) is 16.0 Å². The van der Waals surface area contributed by atoms with Crippen LogP contribution in [0.25, 0.3) is 0 Å². The van der Waals surface area contributed by atoms with Crippen LogP contribution < -0.4 is 10.6 Å². The molecule has 0 atom stereocenters. The Balaban J connectivity index is 1.63. The Bertz CT molecular complexity index is 784. The molecule has 2 aromatic rings. The average Bonchev–Trinajstić information content (AvgIpc) is 2.57. The van der Waals surface area contributed by atoms with Gasteiger partial charge in [0.25, 0.3) is 0 Å². The number of halogens is 2. The van der Waals surface area contributed by atoms with Gasteiger partial charge in [-0.25, -0.2) is 0 Å². The number of benzene rings is 2. The Morgan fingerprint density at radius 1 is 1.04 bits per heavy atom. The van der Waals surface area contributed by atoms with Crippen LogP contribution in [-0.4, -0.2) is 29.9 Å². The normalized spacial score (nSPS) is 10.4. The van der Waals surface area contributed by atoms with Crippen molar-refractivity contribution >= 4 is 52.5 Å². The van der Waals surface area contributed by atoms with Crippen molar-refractivity contribution in [3.05, 3.63) is 63.6 Å². The maximum absolute atomic E-state index is 11.9. The van der Waals surface area contributed by atoms with Crippen molar-refractivity contribution in [1.29, 1.82) is 0 Å². The quantitative estimate of drug-likeness (QED) is 0.680. The zero-order valence-corrected chi connectivity index (χ0v) is 16.7. The molecule has 0 fully saturated rings. The molecule has 0 saturated carbocycles. The lowest BCUT2D eigenvalue weighted by Gasteiger charge is -2.08. The average molecular weight is 411 g/mol. The summed E-state index contributed by atoms with van der Waals surface area (Å²) in [6.07, 6.45) is 0.625. The highest BCUT2D eigenvalue weighted by Crippen LogP contribution is 2.21.